The SMILES string of the molecule is CCOC(=O)[C@H]1CCN(CCOCCOCC(=O)N[C@H](C(=O)N[C@@H](CCCNC(N)=O)C(=O)Nc2ccc(CO)cc2)C(C)C)[C@@H](C)C1. The van der Waals surface area contributed by atoms with Gasteiger partial charge in [-0.05, 0) is 69.7 Å². The highest BCUT2D eigenvalue weighted by atomic mass is 16.5. The summed E-state index contributed by atoms with van der Waals surface area (Å²) in [5, 5.41) is 19.9. The van der Waals surface area contributed by atoms with E-state index in [9.17, 15) is 29.1 Å². The normalized spacial score (nSPS) is 17.6. The molecule has 0 bridgehead atoms. The second-order valence-corrected chi connectivity index (χ2v) is 12.2. The van der Waals surface area contributed by atoms with Crippen LogP contribution in [-0.2, 0) is 40.0 Å². The van der Waals surface area contributed by atoms with Crippen molar-refractivity contribution < 1.29 is 43.3 Å². The Labute approximate surface area is 283 Å². The summed E-state index contributed by atoms with van der Waals surface area (Å²) >= 11 is 0. The van der Waals surface area contributed by atoms with E-state index in [1.54, 1.807) is 38.1 Å². The molecule has 1 aliphatic rings. The number of carbonyl (C=O) groups excluding carboxylic acids is 5. The van der Waals surface area contributed by atoms with E-state index in [4.69, 9.17) is 19.9 Å². The molecule has 4 atom stereocenters. The van der Waals surface area contributed by atoms with Crippen LogP contribution in [0.4, 0.5) is 10.5 Å². The number of nitrogens with zero attached hydrogens (tertiary/aromatic N) is 1. The lowest BCUT2D eigenvalue weighted by Crippen LogP contribution is -2.55. The van der Waals surface area contributed by atoms with Crippen LogP contribution in [0.1, 0.15) is 58.9 Å². The van der Waals surface area contributed by atoms with Gasteiger partial charge in [0.1, 0.15) is 18.7 Å². The van der Waals surface area contributed by atoms with Gasteiger partial charge in [-0.1, -0.05) is 26.0 Å². The molecule has 1 saturated heterocycles. The molecular formula is C33H54N6O9. The van der Waals surface area contributed by atoms with Crippen molar-refractivity contribution in [3.8, 4) is 0 Å². The number of aliphatic hydroxyl groups is 1. The molecule has 0 saturated carbocycles. The number of ether oxygens (including phenoxy) is 3. The molecule has 15 heteroatoms. The number of hydrogen-bond donors (Lipinski definition) is 6. The van der Waals surface area contributed by atoms with Crippen LogP contribution in [0.2, 0.25) is 0 Å². The highest BCUT2D eigenvalue weighted by molar-refractivity contribution is 5.98. The summed E-state index contributed by atoms with van der Waals surface area (Å²) < 4.78 is 16.3. The van der Waals surface area contributed by atoms with Crippen LogP contribution < -0.4 is 27.0 Å². The number of likely N-dealkylation sites (tertiary alicyclic amines) is 1. The van der Waals surface area contributed by atoms with Gasteiger partial charge in [0, 0.05) is 24.8 Å². The number of rotatable bonds is 21. The molecule has 1 aliphatic heterocycles. The summed E-state index contributed by atoms with van der Waals surface area (Å²) in [5.74, 6) is -1.99. The number of aliphatic hydroxyl groups excluding tert-OH is 1. The molecule has 0 aliphatic carbocycles. The highest BCUT2D eigenvalue weighted by Gasteiger charge is 2.31. The average molecular weight is 679 g/mol. The van der Waals surface area contributed by atoms with Crippen LogP contribution in [0.5, 0.6) is 0 Å². The molecule has 0 unspecified atom stereocenters. The van der Waals surface area contributed by atoms with Crippen LogP contribution in [0.25, 0.3) is 0 Å². The number of amides is 5. The summed E-state index contributed by atoms with van der Waals surface area (Å²) in [6.07, 6.45) is 2.07. The minimum absolute atomic E-state index is 0.0574. The number of carbonyl (C=O) groups is 5. The second kappa shape index (κ2) is 22.0. The molecule has 2 rings (SSSR count). The fraction of sp³-hybridized carbons (Fsp3) is 0.667. The summed E-state index contributed by atoms with van der Waals surface area (Å²) in [4.78, 5) is 64.4. The van der Waals surface area contributed by atoms with Crippen LogP contribution in [-0.4, -0.2) is 111 Å². The molecule has 15 nitrogen and oxygen atoms in total. The second-order valence-electron chi connectivity index (χ2n) is 12.2. The van der Waals surface area contributed by atoms with E-state index < -0.39 is 35.8 Å². The van der Waals surface area contributed by atoms with Gasteiger partial charge in [0.25, 0.3) is 0 Å². The van der Waals surface area contributed by atoms with Crippen molar-refractivity contribution in [3.63, 3.8) is 0 Å². The van der Waals surface area contributed by atoms with Gasteiger partial charge in [0.05, 0.1) is 39.0 Å². The quantitative estimate of drug-likeness (QED) is 0.0799. The fourth-order valence-electron chi connectivity index (χ4n) is 5.31. The maximum atomic E-state index is 13.3. The first-order chi connectivity index (χ1) is 22.9. The van der Waals surface area contributed by atoms with Gasteiger partial charge < -0.3 is 46.3 Å². The molecule has 1 fully saturated rings. The van der Waals surface area contributed by atoms with Gasteiger partial charge in [-0.25, -0.2) is 4.79 Å². The molecular weight excluding hydrogens is 624 g/mol. The first kappa shape index (κ1) is 40.4. The van der Waals surface area contributed by atoms with E-state index in [1.807, 2.05) is 6.92 Å². The predicted octanol–water partition coefficient (Wildman–Crippen LogP) is 0.888. The predicted molar refractivity (Wildman–Crippen MR) is 179 cm³/mol. The third kappa shape index (κ3) is 15.0. The summed E-state index contributed by atoms with van der Waals surface area (Å²) in [6.45, 7) is 10.1. The molecule has 7 N–H and O–H groups in total. The lowest BCUT2D eigenvalue weighted by Gasteiger charge is -2.36. The fourth-order valence-corrected chi connectivity index (χ4v) is 5.31. The minimum Gasteiger partial charge on any atom is -0.466 e. The van der Waals surface area contributed by atoms with E-state index in [2.05, 4.69) is 33.1 Å². The Balaban J connectivity index is 1.78. The number of urea groups is 1. The zero-order chi connectivity index (χ0) is 35.5. The van der Waals surface area contributed by atoms with Crippen molar-refractivity contribution in [2.24, 2.45) is 17.6 Å². The Morgan fingerprint density at radius 3 is 2.35 bits per heavy atom. The topological polar surface area (TPSA) is 211 Å². The van der Waals surface area contributed by atoms with Gasteiger partial charge in [0.2, 0.25) is 17.7 Å². The average Bonchev–Trinajstić information content (AvgIpc) is 3.05. The Hall–Kier alpha value is -3.79. The molecule has 270 valence electrons. The number of anilines is 1. The third-order valence-corrected chi connectivity index (χ3v) is 8.03. The first-order valence-corrected chi connectivity index (χ1v) is 16.6. The lowest BCUT2D eigenvalue weighted by atomic mass is 9.92. The van der Waals surface area contributed by atoms with E-state index in [1.165, 1.54) is 0 Å². The standard InChI is InChI=1S/C33H54N6O9/c1-5-48-32(44)25-12-14-39(23(4)19-25)15-16-46-17-18-47-21-28(41)38-29(22(2)3)31(43)37-27(7-6-13-35-33(34)45)30(42)36-26-10-8-24(20-40)9-11-26/h8-11,22-23,25,27,29,40H,5-7,12-21H2,1-4H3,(H,36,42)(H,37,43)(H,38,41)(H3,34,35,45)/t23-,25-,27-,29-/m0/s1. The number of hydrogen-bond acceptors (Lipinski definition) is 10. The molecule has 1 heterocycles. The summed E-state index contributed by atoms with van der Waals surface area (Å²) in [6, 6.07) is 4.25. The molecule has 5 amide bonds. The lowest BCUT2D eigenvalue weighted by molar-refractivity contribution is -0.150. The van der Waals surface area contributed by atoms with Crippen LogP contribution in [0.15, 0.2) is 24.3 Å². The molecule has 1 aromatic carbocycles. The van der Waals surface area contributed by atoms with Crippen LogP contribution >= 0.6 is 0 Å². The van der Waals surface area contributed by atoms with E-state index in [-0.39, 0.29) is 56.6 Å². The van der Waals surface area contributed by atoms with Crippen LogP contribution in [0, 0.1) is 11.8 Å². The van der Waals surface area contributed by atoms with Gasteiger partial charge >= 0.3 is 12.0 Å². The number of piperidine rings is 1. The molecule has 1 aromatic rings. The summed E-state index contributed by atoms with van der Waals surface area (Å²) in [5.41, 5.74) is 6.28. The van der Waals surface area contributed by atoms with E-state index in [0.29, 0.717) is 37.5 Å². The monoisotopic (exact) mass is 678 g/mol. The Bertz CT molecular complexity index is 1170. The van der Waals surface area contributed by atoms with Crippen molar-refractivity contribution in [2.75, 3.05) is 58.0 Å². The first-order valence-electron chi connectivity index (χ1n) is 16.6. The van der Waals surface area contributed by atoms with Crippen molar-refractivity contribution >= 4 is 35.4 Å². The smallest absolute Gasteiger partial charge is 0.312 e. The van der Waals surface area contributed by atoms with Gasteiger partial charge in [0.15, 0.2) is 0 Å². The largest absolute Gasteiger partial charge is 0.466 e. The number of nitrogens with one attached hydrogen (secondary N) is 4. The molecule has 48 heavy (non-hydrogen) atoms. The van der Waals surface area contributed by atoms with Crippen molar-refractivity contribution in [3.05, 3.63) is 29.8 Å². The molecule has 0 radical (unpaired) electrons. The molecule has 0 aromatic heterocycles. The maximum Gasteiger partial charge on any atom is 0.312 e. The van der Waals surface area contributed by atoms with Gasteiger partial charge in [-0.2, -0.15) is 0 Å². The zero-order valence-electron chi connectivity index (χ0n) is 28.6. The zero-order valence-corrected chi connectivity index (χ0v) is 28.6. The van der Waals surface area contributed by atoms with Crippen LogP contribution in [0.3, 0.4) is 0 Å². The number of benzene rings is 1. The molecule has 0 spiro atoms. The Morgan fingerprint density at radius 1 is 1.02 bits per heavy atom. The summed E-state index contributed by atoms with van der Waals surface area (Å²) in [7, 11) is 0. The van der Waals surface area contributed by atoms with Crippen molar-refractivity contribution in [1.82, 2.24) is 20.9 Å². The Morgan fingerprint density at radius 2 is 1.73 bits per heavy atom. The van der Waals surface area contributed by atoms with Crippen molar-refractivity contribution in [1.29, 1.82) is 0 Å². The number of nitrogens with two attached hydrogens (primary N) is 1. The highest BCUT2D eigenvalue weighted by Crippen LogP contribution is 2.23. The van der Waals surface area contributed by atoms with E-state index >= 15 is 0 Å². The minimum atomic E-state index is -0.969. The number of primary amides is 1. The van der Waals surface area contributed by atoms with Gasteiger partial charge in [-0.3, -0.25) is 24.1 Å². The van der Waals surface area contributed by atoms with Gasteiger partial charge in [-0.15, -0.1) is 0 Å². The Kier molecular flexibility index (Phi) is 18.5. The van der Waals surface area contributed by atoms with Crippen molar-refractivity contribution in [2.45, 2.75) is 78.1 Å². The number of esters is 1. The maximum absolute atomic E-state index is 13.3. The third-order valence-electron chi connectivity index (χ3n) is 8.03. The van der Waals surface area contributed by atoms with E-state index in [0.717, 1.165) is 25.9 Å².